The van der Waals surface area contributed by atoms with Crippen LogP contribution >= 0.6 is 0 Å². The summed E-state index contributed by atoms with van der Waals surface area (Å²) in [5.74, 6) is -0.253. The van der Waals surface area contributed by atoms with Gasteiger partial charge in [-0.2, -0.15) is 0 Å². The third-order valence-corrected chi connectivity index (χ3v) is 3.38. The smallest absolute Gasteiger partial charge is 0.227 e. The van der Waals surface area contributed by atoms with Gasteiger partial charge < -0.3 is 10.4 Å². The van der Waals surface area contributed by atoms with Crippen molar-refractivity contribution in [2.24, 2.45) is 0 Å². The van der Waals surface area contributed by atoms with Crippen LogP contribution < -0.4 is 5.32 Å². The van der Waals surface area contributed by atoms with E-state index < -0.39 is 6.10 Å². The van der Waals surface area contributed by atoms with Gasteiger partial charge in [0.2, 0.25) is 5.91 Å². The summed E-state index contributed by atoms with van der Waals surface area (Å²) in [6.45, 7) is 0. The first kappa shape index (κ1) is 14.9. The van der Waals surface area contributed by atoms with Gasteiger partial charge in [0.15, 0.2) is 0 Å². The molecule has 0 fully saturated rings. The van der Waals surface area contributed by atoms with Crippen LogP contribution in [-0.4, -0.2) is 26.0 Å². The zero-order valence-electron chi connectivity index (χ0n) is 12.3. The lowest BCUT2D eigenvalue weighted by atomic mass is 10.1. The molecule has 3 aromatic rings. The van der Waals surface area contributed by atoms with Gasteiger partial charge in [-0.15, -0.1) is 5.10 Å². The molecule has 2 aromatic carbocycles. The summed E-state index contributed by atoms with van der Waals surface area (Å²) < 4.78 is 1.61. The predicted octanol–water partition coefficient (Wildman–Crippen LogP) is 2.33. The summed E-state index contributed by atoms with van der Waals surface area (Å²) >= 11 is 0. The summed E-state index contributed by atoms with van der Waals surface area (Å²) in [7, 11) is 0. The summed E-state index contributed by atoms with van der Waals surface area (Å²) in [4.78, 5) is 12.1. The number of anilines is 1. The van der Waals surface area contributed by atoms with Crippen LogP contribution in [0.15, 0.2) is 67.0 Å². The van der Waals surface area contributed by atoms with Gasteiger partial charge in [-0.05, 0) is 23.8 Å². The summed E-state index contributed by atoms with van der Waals surface area (Å²) in [5, 5.41) is 20.5. The Balaban J connectivity index is 1.65. The Morgan fingerprint density at radius 1 is 1.17 bits per heavy atom. The van der Waals surface area contributed by atoms with Gasteiger partial charge in [-0.1, -0.05) is 41.6 Å². The van der Waals surface area contributed by atoms with Gasteiger partial charge in [-0.3, -0.25) is 4.79 Å². The molecule has 3 rings (SSSR count). The minimum atomic E-state index is -0.824. The molecule has 0 aliphatic carbocycles. The summed E-state index contributed by atoms with van der Waals surface area (Å²) in [6, 6.07) is 16.4. The molecular formula is C17H16N4O2. The molecule has 0 saturated carbocycles. The molecule has 0 aliphatic rings. The van der Waals surface area contributed by atoms with Crippen LogP contribution in [0.25, 0.3) is 5.69 Å². The average molecular weight is 308 g/mol. The van der Waals surface area contributed by atoms with Crippen molar-refractivity contribution in [3.05, 3.63) is 72.6 Å². The number of aliphatic hydroxyl groups is 1. The number of hydrogen-bond donors (Lipinski definition) is 2. The zero-order valence-corrected chi connectivity index (χ0v) is 12.3. The molecule has 1 amide bonds. The Bertz CT molecular complexity index is 772. The number of benzene rings is 2. The minimum Gasteiger partial charge on any atom is -0.388 e. The van der Waals surface area contributed by atoms with Crippen molar-refractivity contribution in [3.63, 3.8) is 0 Å². The van der Waals surface area contributed by atoms with E-state index in [1.54, 1.807) is 41.3 Å². The number of amides is 1. The molecule has 1 heterocycles. The second kappa shape index (κ2) is 6.85. The number of rotatable bonds is 5. The van der Waals surface area contributed by atoms with Crippen LogP contribution in [0.2, 0.25) is 0 Å². The van der Waals surface area contributed by atoms with E-state index in [-0.39, 0.29) is 12.3 Å². The summed E-state index contributed by atoms with van der Waals surface area (Å²) in [5.41, 5.74) is 2.16. The van der Waals surface area contributed by atoms with Gasteiger partial charge in [0.05, 0.1) is 30.6 Å². The van der Waals surface area contributed by atoms with Crippen molar-refractivity contribution in [1.82, 2.24) is 15.0 Å². The Hall–Kier alpha value is -2.99. The molecule has 116 valence electrons. The number of aromatic nitrogens is 3. The van der Waals surface area contributed by atoms with Crippen molar-refractivity contribution in [2.75, 3.05) is 5.32 Å². The Morgan fingerprint density at radius 2 is 2.00 bits per heavy atom. The maximum atomic E-state index is 12.1. The first-order valence-corrected chi connectivity index (χ1v) is 7.22. The lowest BCUT2D eigenvalue weighted by molar-refractivity contribution is -0.118. The molecule has 0 bridgehead atoms. The number of hydrogen-bond acceptors (Lipinski definition) is 4. The van der Waals surface area contributed by atoms with Crippen molar-refractivity contribution in [1.29, 1.82) is 0 Å². The van der Waals surface area contributed by atoms with Gasteiger partial charge >= 0.3 is 0 Å². The number of aliphatic hydroxyl groups excluding tert-OH is 1. The van der Waals surface area contributed by atoms with E-state index in [1.807, 2.05) is 30.3 Å². The highest BCUT2D eigenvalue weighted by Crippen LogP contribution is 2.18. The fraction of sp³-hybridized carbons (Fsp3) is 0.118. The molecule has 23 heavy (non-hydrogen) atoms. The highest BCUT2D eigenvalue weighted by atomic mass is 16.3. The van der Waals surface area contributed by atoms with Crippen molar-refractivity contribution < 1.29 is 9.90 Å². The first-order valence-electron chi connectivity index (χ1n) is 7.22. The van der Waals surface area contributed by atoms with E-state index in [0.717, 1.165) is 11.3 Å². The van der Waals surface area contributed by atoms with E-state index in [0.29, 0.717) is 5.69 Å². The molecule has 0 saturated heterocycles. The third kappa shape index (κ3) is 3.81. The number of carbonyl (C=O) groups is 1. The lowest BCUT2D eigenvalue weighted by Crippen LogP contribution is -2.15. The molecule has 0 aliphatic heterocycles. The lowest BCUT2D eigenvalue weighted by Gasteiger charge is -2.11. The van der Waals surface area contributed by atoms with Gasteiger partial charge in [0.1, 0.15) is 0 Å². The SMILES string of the molecule is O=C(CC(O)c1ccccc1)Nc1cccc(-n2ccnn2)c1. The largest absolute Gasteiger partial charge is 0.388 e. The molecule has 6 heteroatoms. The van der Waals surface area contributed by atoms with E-state index in [2.05, 4.69) is 15.6 Å². The average Bonchev–Trinajstić information content (AvgIpc) is 3.10. The molecule has 0 spiro atoms. The zero-order chi connectivity index (χ0) is 16.1. The van der Waals surface area contributed by atoms with Crippen LogP contribution in [0.4, 0.5) is 5.69 Å². The first-order chi connectivity index (χ1) is 11.2. The summed E-state index contributed by atoms with van der Waals surface area (Å²) in [6.07, 6.45) is 2.48. The second-order valence-electron chi connectivity index (χ2n) is 5.08. The number of nitrogens with zero attached hydrogens (tertiary/aromatic N) is 3. The highest BCUT2D eigenvalue weighted by Gasteiger charge is 2.13. The quantitative estimate of drug-likeness (QED) is 0.758. The fourth-order valence-corrected chi connectivity index (χ4v) is 2.25. The molecule has 2 N–H and O–H groups in total. The van der Waals surface area contributed by atoms with E-state index >= 15 is 0 Å². The highest BCUT2D eigenvalue weighted by molar-refractivity contribution is 5.91. The normalized spacial score (nSPS) is 11.9. The molecule has 1 atom stereocenters. The molecule has 1 aromatic heterocycles. The van der Waals surface area contributed by atoms with Crippen LogP contribution in [0, 0.1) is 0 Å². The number of carbonyl (C=O) groups excluding carboxylic acids is 1. The monoisotopic (exact) mass is 308 g/mol. The van der Waals surface area contributed by atoms with E-state index in [4.69, 9.17) is 0 Å². The Morgan fingerprint density at radius 3 is 2.74 bits per heavy atom. The maximum Gasteiger partial charge on any atom is 0.227 e. The molecular weight excluding hydrogens is 292 g/mol. The van der Waals surface area contributed by atoms with Crippen molar-refractivity contribution >= 4 is 11.6 Å². The van der Waals surface area contributed by atoms with Gasteiger partial charge in [0, 0.05) is 5.69 Å². The third-order valence-electron chi connectivity index (χ3n) is 3.38. The van der Waals surface area contributed by atoms with Crippen LogP contribution in [0.1, 0.15) is 18.1 Å². The van der Waals surface area contributed by atoms with E-state index in [9.17, 15) is 9.90 Å². The fourth-order valence-electron chi connectivity index (χ4n) is 2.25. The predicted molar refractivity (Wildman–Crippen MR) is 86.0 cm³/mol. The maximum absolute atomic E-state index is 12.1. The van der Waals surface area contributed by atoms with Gasteiger partial charge in [0.25, 0.3) is 0 Å². The Kier molecular flexibility index (Phi) is 4.44. The van der Waals surface area contributed by atoms with Crippen LogP contribution in [-0.2, 0) is 4.79 Å². The van der Waals surface area contributed by atoms with Crippen LogP contribution in [0.5, 0.6) is 0 Å². The van der Waals surface area contributed by atoms with Gasteiger partial charge in [-0.25, -0.2) is 4.68 Å². The molecule has 0 radical (unpaired) electrons. The topological polar surface area (TPSA) is 80.0 Å². The van der Waals surface area contributed by atoms with E-state index in [1.165, 1.54) is 0 Å². The second-order valence-corrected chi connectivity index (χ2v) is 5.08. The Labute approximate surface area is 133 Å². The van der Waals surface area contributed by atoms with Crippen LogP contribution in [0.3, 0.4) is 0 Å². The van der Waals surface area contributed by atoms with Crippen molar-refractivity contribution in [2.45, 2.75) is 12.5 Å². The van der Waals surface area contributed by atoms with Crippen molar-refractivity contribution in [3.8, 4) is 5.69 Å². The molecule has 1 unspecified atom stereocenters. The molecule has 6 nitrogen and oxygen atoms in total. The minimum absolute atomic E-state index is 0.00241. The number of nitrogens with one attached hydrogen (secondary N) is 1. The standard InChI is InChI=1S/C17H16N4O2/c22-16(13-5-2-1-3-6-13)12-17(23)19-14-7-4-8-15(11-14)21-10-9-18-20-21/h1-11,16,22H,12H2,(H,19,23).